The molecule has 0 unspecified atom stereocenters. The van der Waals surface area contributed by atoms with Gasteiger partial charge in [0, 0.05) is 57.3 Å². The zero-order valence-corrected chi connectivity index (χ0v) is 18.9. The van der Waals surface area contributed by atoms with E-state index in [2.05, 4.69) is 40.0 Å². The van der Waals surface area contributed by atoms with E-state index in [-0.39, 0.29) is 29.8 Å². The first-order valence-electron chi connectivity index (χ1n) is 9.60. The molecule has 2 aromatic rings. The summed E-state index contributed by atoms with van der Waals surface area (Å²) in [5.41, 5.74) is 3.59. The highest BCUT2D eigenvalue weighted by molar-refractivity contribution is 14.0. The van der Waals surface area contributed by atoms with Gasteiger partial charge in [0.05, 0.1) is 0 Å². The molecule has 28 heavy (non-hydrogen) atoms. The molecule has 0 saturated carbocycles. The van der Waals surface area contributed by atoms with E-state index in [0.717, 1.165) is 57.3 Å². The molecule has 152 valence electrons. The van der Waals surface area contributed by atoms with Gasteiger partial charge in [0.25, 0.3) is 0 Å². The number of piperazine rings is 1. The second-order valence-corrected chi connectivity index (χ2v) is 6.74. The molecule has 1 aromatic carbocycles. The number of pyridine rings is 1. The number of nitrogens with one attached hydrogen (secondary N) is 1. The summed E-state index contributed by atoms with van der Waals surface area (Å²) in [5, 5.41) is 3.41. The number of aliphatic imine (C=N–C) groups is 1. The predicted octanol–water partition coefficient (Wildman–Crippen LogP) is 3.48. The molecule has 1 saturated heterocycles. The fourth-order valence-corrected chi connectivity index (χ4v) is 3.32. The quantitative estimate of drug-likeness (QED) is 0.391. The number of halogens is 2. The molecule has 1 fully saturated rings. The molecule has 1 aromatic heterocycles. The summed E-state index contributed by atoms with van der Waals surface area (Å²) in [6.07, 6.45) is 4.66. The van der Waals surface area contributed by atoms with Gasteiger partial charge in [0.2, 0.25) is 0 Å². The Hall–Kier alpha value is -1.90. The summed E-state index contributed by atoms with van der Waals surface area (Å²) in [6.45, 7) is 9.40. The van der Waals surface area contributed by atoms with Crippen LogP contribution in [0.2, 0.25) is 0 Å². The normalized spacial score (nSPS) is 14.6. The van der Waals surface area contributed by atoms with E-state index in [1.54, 1.807) is 0 Å². The molecule has 0 bridgehead atoms. The Morgan fingerprint density at radius 3 is 2.50 bits per heavy atom. The van der Waals surface area contributed by atoms with Crippen LogP contribution in [0.4, 0.5) is 10.1 Å². The van der Waals surface area contributed by atoms with Crippen molar-refractivity contribution >= 4 is 35.6 Å². The van der Waals surface area contributed by atoms with Gasteiger partial charge in [-0.2, -0.15) is 0 Å². The van der Waals surface area contributed by atoms with Gasteiger partial charge in [-0.3, -0.25) is 9.98 Å². The lowest BCUT2D eigenvalue weighted by Crippen LogP contribution is -2.52. The van der Waals surface area contributed by atoms with Crippen LogP contribution in [0.3, 0.4) is 0 Å². The number of hydrogen-bond donors (Lipinski definition) is 1. The van der Waals surface area contributed by atoms with Gasteiger partial charge < -0.3 is 15.1 Å². The van der Waals surface area contributed by atoms with Gasteiger partial charge in [-0.05, 0) is 61.7 Å². The Morgan fingerprint density at radius 1 is 1.14 bits per heavy atom. The summed E-state index contributed by atoms with van der Waals surface area (Å²) in [5.74, 6) is 0.784. The van der Waals surface area contributed by atoms with Crippen LogP contribution in [-0.4, -0.2) is 55.1 Å². The Bertz CT molecular complexity index is 758. The number of anilines is 1. The van der Waals surface area contributed by atoms with Crippen molar-refractivity contribution in [3.63, 3.8) is 0 Å². The van der Waals surface area contributed by atoms with Crippen LogP contribution in [0.25, 0.3) is 0 Å². The number of hydrogen-bond acceptors (Lipinski definition) is 3. The van der Waals surface area contributed by atoms with Gasteiger partial charge in [-0.15, -0.1) is 24.0 Å². The number of rotatable bonds is 5. The highest BCUT2D eigenvalue weighted by Crippen LogP contribution is 2.17. The largest absolute Gasteiger partial charge is 0.368 e. The second kappa shape index (κ2) is 11.2. The van der Waals surface area contributed by atoms with Crippen LogP contribution in [-0.2, 0) is 6.42 Å². The molecular weight excluding hydrogens is 468 g/mol. The van der Waals surface area contributed by atoms with E-state index in [9.17, 15) is 4.39 Å². The first kappa shape index (κ1) is 22.4. The minimum atomic E-state index is -0.191. The maximum atomic E-state index is 13.1. The Labute approximate surface area is 184 Å². The third kappa shape index (κ3) is 6.05. The lowest BCUT2D eigenvalue weighted by Gasteiger charge is -2.37. The molecule has 3 rings (SSSR count). The number of aryl methyl sites for hydroxylation is 1. The van der Waals surface area contributed by atoms with Crippen LogP contribution in [0, 0.1) is 12.7 Å². The van der Waals surface area contributed by atoms with Crippen molar-refractivity contribution in [3.05, 3.63) is 59.7 Å². The van der Waals surface area contributed by atoms with Gasteiger partial charge >= 0.3 is 0 Å². The average Bonchev–Trinajstić information content (AvgIpc) is 2.69. The van der Waals surface area contributed by atoms with E-state index in [1.165, 1.54) is 23.3 Å². The van der Waals surface area contributed by atoms with Crippen molar-refractivity contribution < 1.29 is 4.39 Å². The smallest absolute Gasteiger partial charge is 0.194 e. The maximum Gasteiger partial charge on any atom is 0.194 e. The van der Waals surface area contributed by atoms with E-state index >= 15 is 0 Å². The number of guanidine groups is 1. The van der Waals surface area contributed by atoms with Crippen LogP contribution < -0.4 is 10.2 Å². The first-order chi connectivity index (χ1) is 13.2. The summed E-state index contributed by atoms with van der Waals surface area (Å²) in [7, 11) is 0. The van der Waals surface area contributed by atoms with Crippen LogP contribution in [0.1, 0.15) is 18.1 Å². The molecule has 0 spiro atoms. The van der Waals surface area contributed by atoms with E-state index in [4.69, 9.17) is 4.99 Å². The summed E-state index contributed by atoms with van der Waals surface area (Å²) >= 11 is 0. The SMILES string of the molecule is CCNC(=NCCc1ccncc1C)N1CCN(c2ccc(F)cc2)CC1.I. The summed E-state index contributed by atoms with van der Waals surface area (Å²) in [4.78, 5) is 13.6. The standard InChI is InChI=1S/C21H28FN5.HI/c1-3-24-21(25-11-9-18-8-10-23-16-17(18)2)27-14-12-26(13-15-27)20-6-4-19(22)5-7-20;/h4-8,10,16H,3,9,11-15H2,1-2H3,(H,24,25);1H. The molecular formula is C21H29FIN5. The molecule has 0 atom stereocenters. The minimum Gasteiger partial charge on any atom is -0.368 e. The fraction of sp³-hybridized carbons (Fsp3) is 0.429. The number of nitrogens with zero attached hydrogens (tertiary/aromatic N) is 4. The van der Waals surface area contributed by atoms with Crippen molar-refractivity contribution in [2.24, 2.45) is 4.99 Å². The highest BCUT2D eigenvalue weighted by atomic mass is 127. The molecule has 1 aliphatic rings. The molecule has 0 radical (unpaired) electrons. The van der Waals surface area contributed by atoms with Crippen molar-refractivity contribution in [1.82, 2.24) is 15.2 Å². The van der Waals surface area contributed by atoms with Crippen molar-refractivity contribution in [2.45, 2.75) is 20.3 Å². The number of benzene rings is 1. The van der Waals surface area contributed by atoms with Gasteiger partial charge in [0.1, 0.15) is 5.82 Å². The van der Waals surface area contributed by atoms with Gasteiger partial charge in [0.15, 0.2) is 5.96 Å². The minimum absolute atomic E-state index is 0. The van der Waals surface area contributed by atoms with Crippen molar-refractivity contribution in [3.8, 4) is 0 Å². The molecule has 1 N–H and O–H groups in total. The lowest BCUT2D eigenvalue weighted by atomic mass is 10.1. The second-order valence-electron chi connectivity index (χ2n) is 6.74. The zero-order valence-electron chi connectivity index (χ0n) is 16.6. The molecule has 5 nitrogen and oxygen atoms in total. The van der Waals surface area contributed by atoms with Crippen molar-refractivity contribution in [2.75, 3.05) is 44.2 Å². The van der Waals surface area contributed by atoms with Crippen LogP contribution in [0.15, 0.2) is 47.7 Å². The van der Waals surface area contributed by atoms with E-state index in [0.29, 0.717) is 0 Å². The maximum absolute atomic E-state index is 13.1. The van der Waals surface area contributed by atoms with Crippen LogP contribution >= 0.6 is 24.0 Å². The molecule has 0 amide bonds. The Balaban J connectivity index is 0.00000280. The number of aromatic nitrogens is 1. The third-order valence-electron chi connectivity index (χ3n) is 4.89. The van der Waals surface area contributed by atoms with E-state index in [1.807, 2.05) is 24.5 Å². The summed E-state index contributed by atoms with van der Waals surface area (Å²) in [6, 6.07) is 8.81. The Morgan fingerprint density at radius 2 is 1.86 bits per heavy atom. The fourth-order valence-electron chi connectivity index (χ4n) is 3.32. The van der Waals surface area contributed by atoms with Crippen molar-refractivity contribution in [1.29, 1.82) is 0 Å². The molecule has 1 aliphatic heterocycles. The molecule has 0 aliphatic carbocycles. The van der Waals surface area contributed by atoms with Gasteiger partial charge in [-0.1, -0.05) is 0 Å². The monoisotopic (exact) mass is 497 g/mol. The lowest BCUT2D eigenvalue weighted by molar-refractivity contribution is 0.372. The Kier molecular flexibility index (Phi) is 8.95. The molecule has 2 heterocycles. The highest BCUT2D eigenvalue weighted by Gasteiger charge is 2.19. The predicted molar refractivity (Wildman–Crippen MR) is 124 cm³/mol. The van der Waals surface area contributed by atoms with Crippen LogP contribution in [0.5, 0.6) is 0 Å². The molecule has 7 heteroatoms. The third-order valence-corrected chi connectivity index (χ3v) is 4.89. The average molecular weight is 497 g/mol. The van der Waals surface area contributed by atoms with E-state index < -0.39 is 0 Å². The summed E-state index contributed by atoms with van der Waals surface area (Å²) < 4.78 is 13.1. The zero-order chi connectivity index (χ0) is 19.1. The first-order valence-corrected chi connectivity index (χ1v) is 9.60. The topological polar surface area (TPSA) is 43.8 Å². The van der Waals surface area contributed by atoms with Gasteiger partial charge in [-0.25, -0.2) is 4.39 Å².